The Kier molecular flexibility index (Phi) is 3.69. The van der Waals surface area contributed by atoms with Gasteiger partial charge in [0.1, 0.15) is 5.82 Å². The first-order valence-electron chi connectivity index (χ1n) is 7.04. The summed E-state index contributed by atoms with van der Waals surface area (Å²) in [5.41, 5.74) is 1.23. The predicted molar refractivity (Wildman–Crippen MR) is 75.8 cm³/mol. The average Bonchev–Trinajstić information content (AvgIpc) is 2.87. The van der Waals surface area contributed by atoms with Crippen LogP contribution in [0.3, 0.4) is 0 Å². The van der Waals surface area contributed by atoms with Gasteiger partial charge in [0.2, 0.25) is 0 Å². The van der Waals surface area contributed by atoms with Crippen LogP contribution in [0.2, 0.25) is 0 Å². The van der Waals surface area contributed by atoms with Gasteiger partial charge in [-0.05, 0) is 44.0 Å². The van der Waals surface area contributed by atoms with Crippen molar-refractivity contribution >= 4 is 11.5 Å². The number of fused-ring (bicyclic) bond motifs is 1. The standard InChI is InChI=1S/C15H19N3O2/c1-20-15(19)14-12-6-2-3-8-18(12)13(17-14)9-11-5-4-7-16-10-11/h2-3,6,8,11,16H,4-5,7,9-10H2,1H3. The van der Waals surface area contributed by atoms with Crippen LogP contribution < -0.4 is 5.32 Å². The summed E-state index contributed by atoms with van der Waals surface area (Å²) in [6.07, 6.45) is 5.26. The minimum Gasteiger partial charge on any atom is -0.464 e. The lowest BCUT2D eigenvalue weighted by atomic mass is 9.96. The first kappa shape index (κ1) is 13.1. The van der Waals surface area contributed by atoms with E-state index >= 15 is 0 Å². The molecular weight excluding hydrogens is 254 g/mol. The number of hydrogen-bond donors (Lipinski definition) is 1. The number of piperidine rings is 1. The maximum atomic E-state index is 11.8. The number of methoxy groups -OCH3 is 1. The highest BCUT2D eigenvalue weighted by molar-refractivity contribution is 5.95. The Balaban J connectivity index is 1.95. The fraction of sp³-hybridized carbons (Fsp3) is 0.467. The van der Waals surface area contributed by atoms with Crippen LogP contribution in [0.4, 0.5) is 0 Å². The first-order valence-corrected chi connectivity index (χ1v) is 7.04. The Labute approximate surface area is 118 Å². The molecule has 0 spiro atoms. The van der Waals surface area contributed by atoms with Crippen molar-refractivity contribution in [3.8, 4) is 0 Å². The maximum absolute atomic E-state index is 11.8. The van der Waals surface area contributed by atoms with Crippen molar-refractivity contribution in [1.82, 2.24) is 14.7 Å². The van der Waals surface area contributed by atoms with Crippen LogP contribution >= 0.6 is 0 Å². The molecule has 1 aliphatic heterocycles. The summed E-state index contributed by atoms with van der Waals surface area (Å²) in [4.78, 5) is 16.3. The van der Waals surface area contributed by atoms with Gasteiger partial charge in [0, 0.05) is 12.6 Å². The number of nitrogens with zero attached hydrogens (tertiary/aromatic N) is 2. The number of rotatable bonds is 3. The van der Waals surface area contributed by atoms with Crippen molar-refractivity contribution in [2.45, 2.75) is 19.3 Å². The monoisotopic (exact) mass is 273 g/mol. The Hall–Kier alpha value is -1.88. The zero-order chi connectivity index (χ0) is 13.9. The van der Waals surface area contributed by atoms with E-state index in [9.17, 15) is 4.79 Å². The molecule has 1 atom stereocenters. The second-order valence-corrected chi connectivity index (χ2v) is 5.24. The van der Waals surface area contributed by atoms with Crippen molar-refractivity contribution in [2.75, 3.05) is 20.2 Å². The van der Waals surface area contributed by atoms with Crippen molar-refractivity contribution in [3.63, 3.8) is 0 Å². The largest absolute Gasteiger partial charge is 0.464 e. The molecule has 1 saturated heterocycles. The topological polar surface area (TPSA) is 55.6 Å². The van der Waals surface area contributed by atoms with E-state index in [2.05, 4.69) is 10.3 Å². The Morgan fingerprint density at radius 1 is 1.55 bits per heavy atom. The molecule has 0 aliphatic carbocycles. The lowest BCUT2D eigenvalue weighted by Gasteiger charge is -2.21. The van der Waals surface area contributed by atoms with Crippen LogP contribution in [0.5, 0.6) is 0 Å². The van der Waals surface area contributed by atoms with Gasteiger partial charge < -0.3 is 14.5 Å². The minimum absolute atomic E-state index is 0.373. The van der Waals surface area contributed by atoms with E-state index in [1.165, 1.54) is 20.0 Å². The van der Waals surface area contributed by atoms with E-state index in [0.29, 0.717) is 11.6 Å². The molecule has 0 radical (unpaired) electrons. The molecule has 20 heavy (non-hydrogen) atoms. The molecule has 0 amide bonds. The summed E-state index contributed by atoms with van der Waals surface area (Å²) in [5, 5.41) is 3.42. The number of hydrogen-bond acceptors (Lipinski definition) is 4. The second kappa shape index (κ2) is 5.63. The van der Waals surface area contributed by atoms with Crippen molar-refractivity contribution in [2.24, 2.45) is 5.92 Å². The quantitative estimate of drug-likeness (QED) is 0.864. The van der Waals surface area contributed by atoms with E-state index in [-0.39, 0.29) is 5.97 Å². The normalized spacial score (nSPS) is 19.1. The fourth-order valence-corrected chi connectivity index (χ4v) is 2.85. The highest BCUT2D eigenvalue weighted by Gasteiger charge is 2.21. The Bertz CT molecular complexity index is 615. The predicted octanol–water partition coefficient (Wildman–Crippen LogP) is 1.66. The summed E-state index contributed by atoms with van der Waals surface area (Å²) >= 11 is 0. The molecule has 106 valence electrons. The number of carbonyl (C=O) groups excluding carboxylic acids is 1. The zero-order valence-electron chi connectivity index (χ0n) is 11.6. The van der Waals surface area contributed by atoms with Gasteiger partial charge in [-0.15, -0.1) is 0 Å². The number of imidazole rings is 1. The maximum Gasteiger partial charge on any atom is 0.358 e. The highest BCUT2D eigenvalue weighted by Crippen LogP contribution is 2.20. The van der Waals surface area contributed by atoms with E-state index in [1.807, 2.05) is 28.8 Å². The van der Waals surface area contributed by atoms with Crippen LogP contribution in [-0.4, -0.2) is 35.6 Å². The summed E-state index contributed by atoms with van der Waals surface area (Å²) in [7, 11) is 1.39. The number of esters is 1. The average molecular weight is 273 g/mol. The Morgan fingerprint density at radius 2 is 2.45 bits per heavy atom. The van der Waals surface area contributed by atoms with Gasteiger partial charge in [-0.25, -0.2) is 9.78 Å². The third-order valence-corrected chi connectivity index (χ3v) is 3.87. The van der Waals surface area contributed by atoms with Crippen molar-refractivity contribution in [3.05, 3.63) is 35.9 Å². The molecule has 1 N–H and O–H groups in total. The minimum atomic E-state index is -0.373. The van der Waals surface area contributed by atoms with Gasteiger partial charge in [-0.2, -0.15) is 0 Å². The van der Waals surface area contributed by atoms with E-state index in [1.54, 1.807) is 0 Å². The van der Waals surface area contributed by atoms with Gasteiger partial charge in [-0.1, -0.05) is 6.07 Å². The van der Waals surface area contributed by atoms with Crippen LogP contribution in [-0.2, 0) is 11.2 Å². The van der Waals surface area contributed by atoms with Gasteiger partial charge in [0.05, 0.1) is 12.6 Å². The molecule has 2 aromatic heterocycles. The highest BCUT2D eigenvalue weighted by atomic mass is 16.5. The van der Waals surface area contributed by atoms with Crippen LogP contribution in [0.25, 0.3) is 5.52 Å². The van der Waals surface area contributed by atoms with E-state index in [4.69, 9.17) is 4.74 Å². The van der Waals surface area contributed by atoms with Gasteiger partial charge in [-0.3, -0.25) is 0 Å². The lowest BCUT2D eigenvalue weighted by molar-refractivity contribution is 0.0596. The molecule has 1 fully saturated rings. The molecule has 2 aromatic rings. The zero-order valence-corrected chi connectivity index (χ0v) is 11.6. The molecular formula is C15H19N3O2. The number of aromatic nitrogens is 2. The smallest absolute Gasteiger partial charge is 0.358 e. The molecule has 0 bridgehead atoms. The SMILES string of the molecule is COC(=O)c1nc(CC2CCCNC2)n2ccccc12. The van der Waals surface area contributed by atoms with E-state index in [0.717, 1.165) is 30.9 Å². The summed E-state index contributed by atoms with van der Waals surface area (Å²) in [6.45, 7) is 2.13. The molecule has 0 saturated carbocycles. The third kappa shape index (κ3) is 2.41. The van der Waals surface area contributed by atoms with Crippen molar-refractivity contribution in [1.29, 1.82) is 0 Å². The van der Waals surface area contributed by atoms with Crippen LogP contribution in [0.15, 0.2) is 24.4 Å². The molecule has 1 aliphatic rings. The molecule has 0 aromatic carbocycles. The summed E-state index contributed by atoms with van der Waals surface area (Å²) < 4.78 is 6.82. The lowest BCUT2D eigenvalue weighted by Crippen LogP contribution is -2.31. The third-order valence-electron chi connectivity index (χ3n) is 3.87. The van der Waals surface area contributed by atoms with Crippen molar-refractivity contribution < 1.29 is 9.53 Å². The number of ether oxygens (including phenoxy) is 1. The first-order chi connectivity index (χ1) is 9.79. The molecule has 1 unspecified atom stereocenters. The summed E-state index contributed by atoms with van der Waals surface area (Å²) in [5.74, 6) is 1.15. The van der Waals surface area contributed by atoms with Crippen LogP contribution in [0, 0.1) is 5.92 Å². The molecule has 5 nitrogen and oxygen atoms in total. The molecule has 5 heteroatoms. The van der Waals surface area contributed by atoms with Gasteiger partial charge in [0.15, 0.2) is 5.69 Å². The number of nitrogens with one attached hydrogen (secondary N) is 1. The van der Waals surface area contributed by atoms with Crippen LogP contribution in [0.1, 0.15) is 29.2 Å². The molecule has 3 rings (SSSR count). The summed E-state index contributed by atoms with van der Waals surface area (Å²) in [6, 6.07) is 5.77. The molecule has 3 heterocycles. The number of pyridine rings is 1. The fourth-order valence-electron chi connectivity index (χ4n) is 2.85. The van der Waals surface area contributed by atoms with E-state index < -0.39 is 0 Å². The van der Waals surface area contributed by atoms with Gasteiger partial charge >= 0.3 is 5.97 Å². The Morgan fingerprint density at radius 3 is 3.20 bits per heavy atom. The van der Waals surface area contributed by atoms with Gasteiger partial charge in [0.25, 0.3) is 0 Å². The second-order valence-electron chi connectivity index (χ2n) is 5.24. The number of carbonyl (C=O) groups is 1.